The first kappa shape index (κ1) is 16.6. The predicted molar refractivity (Wildman–Crippen MR) is 84.2 cm³/mol. The van der Waals surface area contributed by atoms with Crippen LogP contribution in [0.3, 0.4) is 0 Å². The van der Waals surface area contributed by atoms with Gasteiger partial charge in [0.25, 0.3) is 0 Å². The Bertz CT molecular complexity index is 513. The molecule has 1 amide bonds. The minimum absolute atomic E-state index is 0.0137. The Morgan fingerprint density at radius 1 is 1.27 bits per heavy atom. The molecule has 1 aliphatic carbocycles. The molecule has 1 fully saturated rings. The first-order valence-corrected chi connectivity index (χ1v) is 7.60. The molecule has 1 aliphatic rings. The maximum Gasteiger partial charge on any atom is 0.249 e. The minimum atomic E-state index is 0.0137. The third-order valence-electron chi connectivity index (χ3n) is 4.22. The minimum Gasteiger partial charge on any atom is -0.497 e. The van der Waals surface area contributed by atoms with Crippen LogP contribution in [0.4, 0.5) is 0 Å². The second-order valence-electron chi connectivity index (χ2n) is 5.71. The summed E-state index contributed by atoms with van der Waals surface area (Å²) in [4.78, 5) is 14.3. The Morgan fingerprint density at radius 3 is 2.55 bits per heavy atom. The molecule has 0 radical (unpaired) electrons. The average Bonchev–Trinajstić information content (AvgIpc) is 3.37. The van der Waals surface area contributed by atoms with E-state index in [1.807, 2.05) is 23.1 Å². The van der Waals surface area contributed by atoms with E-state index in [1.165, 1.54) is 12.8 Å². The van der Waals surface area contributed by atoms with Crippen molar-refractivity contribution in [3.63, 3.8) is 0 Å². The van der Waals surface area contributed by atoms with E-state index < -0.39 is 0 Å². The van der Waals surface area contributed by atoms with E-state index in [-0.39, 0.29) is 18.6 Å². The van der Waals surface area contributed by atoms with Crippen LogP contribution >= 0.6 is 0 Å². The molecule has 0 spiro atoms. The fourth-order valence-corrected chi connectivity index (χ4v) is 2.66. The lowest BCUT2D eigenvalue weighted by Gasteiger charge is -2.30. The van der Waals surface area contributed by atoms with Crippen LogP contribution in [0, 0.1) is 5.92 Å². The first-order valence-electron chi connectivity index (χ1n) is 7.60. The molecule has 2 rings (SSSR count). The fourth-order valence-electron chi connectivity index (χ4n) is 2.66. The van der Waals surface area contributed by atoms with Crippen molar-refractivity contribution >= 4 is 5.91 Å². The number of hydrogen-bond acceptors (Lipinski definition) is 4. The second kappa shape index (κ2) is 7.49. The highest BCUT2D eigenvalue weighted by atomic mass is 16.5. The zero-order valence-corrected chi connectivity index (χ0v) is 13.8. The van der Waals surface area contributed by atoms with Crippen LogP contribution in [0.25, 0.3) is 0 Å². The molecule has 1 saturated carbocycles. The lowest BCUT2D eigenvalue weighted by atomic mass is 10.1. The Hall–Kier alpha value is -1.75. The Morgan fingerprint density at radius 2 is 2.00 bits per heavy atom. The van der Waals surface area contributed by atoms with Gasteiger partial charge < -0.3 is 19.1 Å². The molecule has 1 aromatic carbocycles. The zero-order valence-electron chi connectivity index (χ0n) is 13.8. The van der Waals surface area contributed by atoms with Crippen molar-refractivity contribution in [3.8, 4) is 11.5 Å². The summed E-state index contributed by atoms with van der Waals surface area (Å²) in [6.07, 6.45) is 2.38. The number of carbonyl (C=O) groups excluding carboxylic acids is 1. The number of benzene rings is 1. The Labute approximate surface area is 132 Å². The molecule has 5 nitrogen and oxygen atoms in total. The molecule has 0 heterocycles. The van der Waals surface area contributed by atoms with E-state index in [0.29, 0.717) is 12.5 Å². The van der Waals surface area contributed by atoms with Gasteiger partial charge in [0, 0.05) is 31.3 Å². The number of amides is 1. The number of ether oxygens (including phenoxy) is 3. The monoisotopic (exact) mass is 307 g/mol. The number of rotatable bonds is 8. The van der Waals surface area contributed by atoms with E-state index in [9.17, 15) is 4.79 Å². The summed E-state index contributed by atoms with van der Waals surface area (Å²) in [5.41, 5.74) is 0.972. The molecule has 1 atom stereocenters. The van der Waals surface area contributed by atoms with Gasteiger partial charge in [0.1, 0.15) is 18.1 Å². The first-order chi connectivity index (χ1) is 10.6. The van der Waals surface area contributed by atoms with Gasteiger partial charge in [0.2, 0.25) is 5.91 Å². The van der Waals surface area contributed by atoms with Gasteiger partial charge in [-0.3, -0.25) is 4.79 Å². The Balaban J connectivity index is 2.20. The van der Waals surface area contributed by atoms with Crippen LogP contribution in [0.1, 0.15) is 25.3 Å². The smallest absolute Gasteiger partial charge is 0.249 e. The molecule has 22 heavy (non-hydrogen) atoms. The van der Waals surface area contributed by atoms with Gasteiger partial charge in [0.15, 0.2) is 0 Å². The topological polar surface area (TPSA) is 48.0 Å². The van der Waals surface area contributed by atoms with Crippen molar-refractivity contribution in [2.24, 2.45) is 5.92 Å². The summed E-state index contributed by atoms with van der Waals surface area (Å²) >= 11 is 0. The van der Waals surface area contributed by atoms with Crippen molar-refractivity contribution < 1.29 is 19.0 Å². The van der Waals surface area contributed by atoms with E-state index in [2.05, 4.69) is 6.92 Å². The molecular weight excluding hydrogens is 282 g/mol. The third-order valence-corrected chi connectivity index (χ3v) is 4.22. The molecule has 0 saturated heterocycles. The maximum absolute atomic E-state index is 12.4. The lowest BCUT2D eigenvalue weighted by Crippen LogP contribution is -2.41. The normalized spacial score (nSPS) is 15.3. The average molecular weight is 307 g/mol. The van der Waals surface area contributed by atoms with Crippen LogP contribution in [0.2, 0.25) is 0 Å². The van der Waals surface area contributed by atoms with Gasteiger partial charge >= 0.3 is 0 Å². The molecule has 5 heteroatoms. The summed E-state index contributed by atoms with van der Waals surface area (Å²) < 4.78 is 15.7. The molecule has 0 aliphatic heterocycles. The highest BCUT2D eigenvalue weighted by Gasteiger charge is 2.34. The fraction of sp³-hybridized carbons (Fsp3) is 0.588. The SMILES string of the molecule is COCC(=O)N(Cc1ccc(OC)cc1OC)C(C)C1CC1. The van der Waals surface area contributed by atoms with Gasteiger partial charge in [-0.2, -0.15) is 0 Å². The number of carbonyl (C=O) groups is 1. The van der Waals surface area contributed by atoms with Crippen LogP contribution in [0.15, 0.2) is 18.2 Å². The number of methoxy groups -OCH3 is 3. The number of nitrogens with zero attached hydrogens (tertiary/aromatic N) is 1. The van der Waals surface area contributed by atoms with E-state index in [0.717, 1.165) is 17.1 Å². The molecule has 1 aromatic rings. The van der Waals surface area contributed by atoms with Gasteiger partial charge in [-0.1, -0.05) is 0 Å². The molecule has 0 aromatic heterocycles. The predicted octanol–water partition coefficient (Wildman–Crippen LogP) is 2.48. The van der Waals surface area contributed by atoms with Gasteiger partial charge in [0.05, 0.1) is 14.2 Å². The maximum atomic E-state index is 12.4. The molecule has 0 bridgehead atoms. The highest BCUT2D eigenvalue weighted by molar-refractivity contribution is 5.78. The van der Waals surface area contributed by atoms with E-state index >= 15 is 0 Å². The van der Waals surface area contributed by atoms with Crippen LogP contribution < -0.4 is 9.47 Å². The summed E-state index contributed by atoms with van der Waals surface area (Å²) in [7, 11) is 4.80. The summed E-state index contributed by atoms with van der Waals surface area (Å²) in [6.45, 7) is 2.74. The largest absolute Gasteiger partial charge is 0.497 e. The van der Waals surface area contributed by atoms with Gasteiger partial charge in [-0.15, -0.1) is 0 Å². The zero-order chi connectivity index (χ0) is 16.1. The molecule has 122 valence electrons. The van der Waals surface area contributed by atoms with Crippen LogP contribution in [-0.2, 0) is 16.1 Å². The summed E-state index contributed by atoms with van der Waals surface area (Å²) in [5.74, 6) is 2.09. The third kappa shape index (κ3) is 3.91. The highest BCUT2D eigenvalue weighted by Crippen LogP contribution is 2.36. The van der Waals surface area contributed by atoms with Gasteiger partial charge in [-0.05, 0) is 37.8 Å². The second-order valence-corrected chi connectivity index (χ2v) is 5.71. The quantitative estimate of drug-likeness (QED) is 0.740. The van der Waals surface area contributed by atoms with E-state index in [1.54, 1.807) is 21.3 Å². The molecular formula is C17H25NO4. The number of hydrogen-bond donors (Lipinski definition) is 0. The van der Waals surface area contributed by atoms with Crippen molar-refractivity contribution in [2.75, 3.05) is 27.9 Å². The summed E-state index contributed by atoms with van der Waals surface area (Å²) in [5, 5.41) is 0. The molecule has 0 N–H and O–H groups in total. The van der Waals surface area contributed by atoms with Crippen molar-refractivity contribution in [1.82, 2.24) is 4.90 Å². The van der Waals surface area contributed by atoms with Crippen molar-refractivity contribution in [2.45, 2.75) is 32.4 Å². The van der Waals surface area contributed by atoms with Crippen LogP contribution in [-0.4, -0.2) is 44.8 Å². The van der Waals surface area contributed by atoms with Crippen LogP contribution in [0.5, 0.6) is 11.5 Å². The van der Waals surface area contributed by atoms with Crippen molar-refractivity contribution in [3.05, 3.63) is 23.8 Å². The Kier molecular flexibility index (Phi) is 5.66. The lowest BCUT2D eigenvalue weighted by molar-refractivity contribution is -0.138. The van der Waals surface area contributed by atoms with Gasteiger partial charge in [-0.25, -0.2) is 0 Å². The summed E-state index contributed by atoms with van der Waals surface area (Å²) in [6, 6.07) is 5.90. The molecule has 1 unspecified atom stereocenters. The van der Waals surface area contributed by atoms with E-state index in [4.69, 9.17) is 14.2 Å². The standard InChI is InChI=1S/C17H25NO4/c1-12(13-5-6-13)18(17(19)11-20-2)10-14-7-8-15(21-3)9-16(14)22-4/h7-9,12-13H,5-6,10-11H2,1-4H3. The van der Waals surface area contributed by atoms with Crippen molar-refractivity contribution in [1.29, 1.82) is 0 Å².